The molecule has 2 rings (SSSR count). The first-order chi connectivity index (χ1) is 9.53. The molecule has 110 valence electrons. The minimum absolute atomic E-state index is 0.0135. The lowest BCUT2D eigenvalue weighted by Crippen LogP contribution is -2.26. The van der Waals surface area contributed by atoms with Crippen LogP contribution in [0.25, 0.3) is 0 Å². The van der Waals surface area contributed by atoms with Crippen LogP contribution in [-0.2, 0) is 29.9 Å². The fourth-order valence-corrected chi connectivity index (χ4v) is 4.07. The lowest BCUT2D eigenvalue weighted by Gasteiger charge is -2.04. The summed E-state index contributed by atoms with van der Waals surface area (Å²) in [5.74, 6) is 0.722. The van der Waals surface area contributed by atoms with Gasteiger partial charge in [-0.25, -0.2) is 13.1 Å². The Labute approximate surface area is 121 Å². The van der Waals surface area contributed by atoms with E-state index in [4.69, 9.17) is 5.11 Å². The molecular weight excluding hydrogens is 300 g/mol. The Morgan fingerprint density at radius 2 is 2.20 bits per heavy atom. The SMILES string of the molecule is Cn1cnnc1CCNS(=O)(=O)c1ccc(CCO)s1. The third kappa shape index (κ3) is 3.63. The zero-order valence-electron chi connectivity index (χ0n) is 11.0. The second-order valence-electron chi connectivity index (χ2n) is 4.20. The van der Waals surface area contributed by atoms with Crippen molar-refractivity contribution in [3.05, 3.63) is 29.2 Å². The van der Waals surface area contributed by atoms with Gasteiger partial charge in [-0.3, -0.25) is 0 Å². The molecule has 2 heterocycles. The van der Waals surface area contributed by atoms with Gasteiger partial charge in [-0.05, 0) is 12.1 Å². The number of thiophene rings is 1. The second-order valence-corrected chi connectivity index (χ2v) is 7.36. The van der Waals surface area contributed by atoms with E-state index in [2.05, 4.69) is 14.9 Å². The van der Waals surface area contributed by atoms with Crippen LogP contribution in [0.3, 0.4) is 0 Å². The largest absolute Gasteiger partial charge is 0.396 e. The number of aromatic nitrogens is 3. The molecule has 0 spiro atoms. The summed E-state index contributed by atoms with van der Waals surface area (Å²) < 4.78 is 28.7. The average molecular weight is 316 g/mol. The molecule has 0 aliphatic heterocycles. The molecule has 2 N–H and O–H groups in total. The van der Waals surface area contributed by atoms with Crippen molar-refractivity contribution in [2.24, 2.45) is 7.05 Å². The summed E-state index contributed by atoms with van der Waals surface area (Å²) in [5.41, 5.74) is 0. The molecule has 2 aromatic heterocycles. The van der Waals surface area contributed by atoms with Crippen molar-refractivity contribution >= 4 is 21.4 Å². The first-order valence-corrected chi connectivity index (χ1v) is 8.35. The number of nitrogens with zero attached hydrogens (tertiary/aromatic N) is 3. The van der Waals surface area contributed by atoms with Gasteiger partial charge in [0.15, 0.2) is 0 Å². The summed E-state index contributed by atoms with van der Waals surface area (Å²) >= 11 is 1.17. The first-order valence-electron chi connectivity index (χ1n) is 6.05. The van der Waals surface area contributed by atoms with Crippen molar-refractivity contribution < 1.29 is 13.5 Å². The van der Waals surface area contributed by atoms with Crippen LogP contribution < -0.4 is 4.72 Å². The van der Waals surface area contributed by atoms with Gasteiger partial charge in [0, 0.05) is 37.9 Å². The Morgan fingerprint density at radius 3 is 2.85 bits per heavy atom. The van der Waals surface area contributed by atoms with Crippen LogP contribution in [0, 0.1) is 0 Å². The van der Waals surface area contributed by atoms with Gasteiger partial charge < -0.3 is 9.67 Å². The number of rotatable bonds is 7. The predicted octanol–water partition coefficient (Wildman–Crippen LogP) is -0.0676. The Hall–Kier alpha value is -1.29. The van der Waals surface area contributed by atoms with Crippen molar-refractivity contribution in [3.8, 4) is 0 Å². The molecule has 0 fully saturated rings. The van der Waals surface area contributed by atoms with Crippen molar-refractivity contribution in [2.45, 2.75) is 17.1 Å². The van der Waals surface area contributed by atoms with Gasteiger partial charge in [0.05, 0.1) is 0 Å². The number of sulfonamides is 1. The predicted molar refractivity (Wildman–Crippen MR) is 75.0 cm³/mol. The van der Waals surface area contributed by atoms with Crippen molar-refractivity contribution in [2.75, 3.05) is 13.2 Å². The highest BCUT2D eigenvalue weighted by molar-refractivity contribution is 7.91. The summed E-state index contributed by atoms with van der Waals surface area (Å²) in [5, 5.41) is 16.5. The Kier molecular flexibility index (Phi) is 4.86. The Bertz CT molecular complexity index is 663. The molecule has 7 nitrogen and oxygen atoms in total. The quantitative estimate of drug-likeness (QED) is 0.745. The zero-order chi connectivity index (χ0) is 14.6. The van der Waals surface area contributed by atoms with E-state index in [1.54, 1.807) is 23.0 Å². The average Bonchev–Trinajstić information content (AvgIpc) is 3.00. The van der Waals surface area contributed by atoms with E-state index in [0.29, 0.717) is 12.8 Å². The lowest BCUT2D eigenvalue weighted by atomic mass is 10.4. The third-order valence-corrected chi connectivity index (χ3v) is 5.80. The normalized spacial score (nSPS) is 11.9. The second kappa shape index (κ2) is 6.44. The molecule has 20 heavy (non-hydrogen) atoms. The van der Waals surface area contributed by atoms with Crippen molar-refractivity contribution in [3.63, 3.8) is 0 Å². The van der Waals surface area contributed by atoms with Gasteiger partial charge in [0.1, 0.15) is 16.4 Å². The molecule has 9 heteroatoms. The maximum atomic E-state index is 12.1. The molecule has 0 atom stereocenters. The highest BCUT2D eigenvalue weighted by Crippen LogP contribution is 2.21. The van der Waals surface area contributed by atoms with Gasteiger partial charge >= 0.3 is 0 Å². The van der Waals surface area contributed by atoms with E-state index >= 15 is 0 Å². The third-order valence-electron chi connectivity index (χ3n) is 2.71. The summed E-state index contributed by atoms with van der Waals surface area (Å²) in [6.45, 7) is 0.279. The van der Waals surface area contributed by atoms with Crippen LogP contribution in [-0.4, -0.2) is 41.4 Å². The van der Waals surface area contributed by atoms with E-state index in [1.165, 1.54) is 11.3 Å². The summed E-state index contributed by atoms with van der Waals surface area (Å²) in [6, 6.07) is 3.28. The van der Waals surface area contributed by atoms with Crippen molar-refractivity contribution in [1.29, 1.82) is 0 Å². The Balaban J connectivity index is 1.95. The van der Waals surface area contributed by atoms with Crippen LogP contribution >= 0.6 is 11.3 Å². The minimum Gasteiger partial charge on any atom is -0.396 e. The molecule has 0 bridgehead atoms. The maximum Gasteiger partial charge on any atom is 0.250 e. The molecule has 0 amide bonds. The summed E-state index contributed by atoms with van der Waals surface area (Å²) in [7, 11) is -1.68. The smallest absolute Gasteiger partial charge is 0.250 e. The van der Waals surface area contributed by atoms with Crippen LogP contribution in [0.2, 0.25) is 0 Å². The molecule has 0 unspecified atom stereocenters. The van der Waals surface area contributed by atoms with Crippen LogP contribution in [0.1, 0.15) is 10.7 Å². The Morgan fingerprint density at radius 1 is 1.40 bits per heavy atom. The topological polar surface area (TPSA) is 97.1 Å². The molecule has 0 saturated heterocycles. The number of nitrogens with one attached hydrogen (secondary N) is 1. The van der Waals surface area contributed by atoms with E-state index in [-0.39, 0.29) is 17.4 Å². The minimum atomic E-state index is -3.49. The molecule has 0 saturated carbocycles. The van der Waals surface area contributed by atoms with E-state index in [1.807, 2.05) is 7.05 Å². The fraction of sp³-hybridized carbons (Fsp3) is 0.455. The lowest BCUT2D eigenvalue weighted by molar-refractivity contribution is 0.300. The fourth-order valence-electron chi connectivity index (χ4n) is 1.65. The van der Waals surface area contributed by atoms with Gasteiger partial charge in [0.25, 0.3) is 0 Å². The van der Waals surface area contributed by atoms with E-state index in [0.717, 1.165) is 10.7 Å². The van der Waals surface area contributed by atoms with Gasteiger partial charge in [-0.1, -0.05) is 0 Å². The standard InChI is InChI=1S/C11H16N4O3S2/c1-15-8-12-14-10(15)4-6-13-20(17,18)11-3-2-9(19-11)5-7-16/h2-3,8,13,16H,4-7H2,1H3. The molecular formula is C11H16N4O3S2. The highest BCUT2D eigenvalue weighted by Gasteiger charge is 2.16. The number of aliphatic hydroxyl groups excluding tert-OH is 1. The molecule has 0 aromatic carbocycles. The summed E-state index contributed by atoms with van der Waals surface area (Å²) in [4.78, 5) is 0.848. The van der Waals surface area contributed by atoms with Gasteiger partial charge in [-0.15, -0.1) is 21.5 Å². The molecule has 2 aromatic rings. The number of hydrogen-bond donors (Lipinski definition) is 2. The molecule has 0 aliphatic carbocycles. The first kappa shape index (κ1) is 15.1. The van der Waals surface area contributed by atoms with E-state index in [9.17, 15) is 8.42 Å². The van der Waals surface area contributed by atoms with E-state index < -0.39 is 10.0 Å². The van der Waals surface area contributed by atoms with Gasteiger partial charge in [0.2, 0.25) is 10.0 Å². The summed E-state index contributed by atoms with van der Waals surface area (Å²) in [6.07, 6.45) is 2.52. The highest BCUT2D eigenvalue weighted by atomic mass is 32.2. The molecule has 0 aliphatic rings. The number of hydrogen-bond acceptors (Lipinski definition) is 6. The van der Waals surface area contributed by atoms with Crippen LogP contribution in [0.4, 0.5) is 0 Å². The van der Waals surface area contributed by atoms with Crippen LogP contribution in [0.5, 0.6) is 0 Å². The zero-order valence-corrected chi connectivity index (χ0v) is 12.6. The number of aliphatic hydroxyl groups is 1. The number of aryl methyl sites for hydroxylation is 1. The van der Waals surface area contributed by atoms with Crippen molar-refractivity contribution in [1.82, 2.24) is 19.5 Å². The maximum absolute atomic E-state index is 12.1. The monoisotopic (exact) mass is 316 g/mol. The van der Waals surface area contributed by atoms with Gasteiger partial charge in [-0.2, -0.15) is 0 Å². The molecule has 0 radical (unpaired) electrons. The van der Waals surface area contributed by atoms with Crippen LogP contribution in [0.15, 0.2) is 22.7 Å².